The van der Waals surface area contributed by atoms with E-state index in [0.717, 1.165) is 27.7 Å². The smallest absolute Gasteiger partial charge is 0.303 e. The summed E-state index contributed by atoms with van der Waals surface area (Å²) in [6.07, 6.45) is -6.65. The highest BCUT2D eigenvalue weighted by molar-refractivity contribution is 5.72. The van der Waals surface area contributed by atoms with Gasteiger partial charge in [-0.15, -0.1) is 0 Å². The van der Waals surface area contributed by atoms with E-state index in [1.807, 2.05) is 0 Å². The van der Waals surface area contributed by atoms with Crippen LogP contribution >= 0.6 is 0 Å². The van der Waals surface area contributed by atoms with E-state index >= 15 is 0 Å². The van der Waals surface area contributed by atoms with E-state index in [2.05, 4.69) is 9.47 Å². The average molecular weight is 350 g/mol. The Bertz CT molecular complexity index is 491. The number of hydrogen-bond donors (Lipinski definition) is 0. The Kier molecular flexibility index (Phi) is 9.21. The maximum Gasteiger partial charge on any atom is 0.303 e. The van der Waals surface area contributed by atoms with E-state index in [-0.39, 0.29) is 6.29 Å². The summed E-state index contributed by atoms with van der Waals surface area (Å²) in [6, 6.07) is 0. The van der Waals surface area contributed by atoms with Crippen molar-refractivity contribution in [1.82, 2.24) is 0 Å². The molecule has 0 aliphatic carbocycles. The van der Waals surface area contributed by atoms with Crippen LogP contribution in [0.5, 0.6) is 0 Å². The third-order valence-corrected chi connectivity index (χ3v) is 2.52. The maximum absolute atomic E-state index is 13.2. The van der Waals surface area contributed by atoms with Gasteiger partial charge in [-0.3, -0.25) is 24.0 Å². The number of alkyl halides is 1. The summed E-state index contributed by atoms with van der Waals surface area (Å²) in [4.78, 5) is 55.9. The Morgan fingerprint density at radius 1 is 0.792 bits per heavy atom. The molecule has 24 heavy (non-hydrogen) atoms. The summed E-state index contributed by atoms with van der Waals surface area (Å²) in [5, 5.41) is 0. The topological polar surface area (TPSA) is 122 Å². The first-order valence-corrected chi connectivity index (χ1v) is 6.82. The summed E-state index contributed by atoms with van der Waals surface area (Å²) < 4.78 is 32.3. The van der Waals surface area contributed by atoms with Gasteiger partial charge in [-0.2, -0.15) is 0 Å². The van der Waals surface area contributed by atoms with E-state index in [9.17, 15) is 28.4 Å². The molecule has 0 bridgehead atoms. The van der Waals surface area contributed by atoms with Crippen LogP contribution in [0.15, 0.2) is 0 Å². The lowest BCUT2D eigenvalue weighted by atomic mass is 10.0. The quantitative estimate of drug-likeness (QED) is 0.318. The van der Waals surface area contributed by atoms with Crippen molar-refractivity contribution in [2.75, 3.05) is 6.67 Å². The van der Waals surface area contributed by atoms with Gasteiger partial charge in [0.2, 0.25) is 0 Å². The Morgan fingerprint density at radius 3 is 1.54 bits per heavy atom. The number of ether oxygens (including phenoxy) is 4. The Hall–Kier alpha value is -2.52. The molecule has 0 aromatic rings. The van der Waals surface area contributed by atoms with Crippen molar-refractivity contribution >= 4 is 30.2 Å². The number of rotatable bonds is 9. The molecular formula is C14H19FO9. The van der Waals surface area contributed by atoms with E-state index < -0.39 is 55.0 Å². The van der Waals surface area contributed by atoms with Crippen LogP contribution in [-0.4, -0.2) is 61.3 Å². The molecule has 0 fully saturated rings. The van der Waals surface area contributed by atoms with Gasteiger partial charge in [0.05, 0.1) is 0 Å². The van der Waals surface area contributed by atoms with Gasteiger partial charge >= 0.3 is 23.9 Å². The molecule has 0 aromatic carbocycles. The van der Waals surface area contributed by atoms with Crippen LogP contribution < -0.4 is 0 Å². The van der Waals surface area contributed by atoms with Gasteiger partial charge in [0, 0.05) is 27.7 Å². The Labute approximate surface area is 137 Å². The molecule has 0 aliphatic heterocycles. The first-order valence-electron chi connectivity index (χ1n) is 6.82. The zero-order valence-corrected chi connectivity index (χ0v) is 13.6. The lowest BCUT2D eigenvalue weighted by molar-refractivity contribution is -0.197. The van der Waals surface area contributed by atoms with E-state index in [4.69, 9.17) is 9.47 Å². The molecule has 9 nitrogen and oxygen atoms in total. The Morgan fingerprint density at radius 2 is 1.21 bits per heavy atom. The number of carbonyl (C=O) groups is 5. The van der Waals surface area contributed by atoms with Crippen molar-refractivity contribution in [3.8, 4) is 0 Å². The molecular weight excluding hydrogens is 331 g/mol. The average Bonchev–Trinajstić information content (AvgIpc) is 2.45. The molecule has 0 saturated carbocycles. The second-order valence-electron chi connectivity index (χ2n) is 4.66. The van der Waals surface area contributed by atoms with Gasteiger partial charge in [-0.1, -0.05) is 0 Å². The SMILES string of the molecule is CC(=O)O[C@H]([C@H](OC(C)=O)[C@H](C=O)OC(C)=O)[C@@H](CF)OC(C)=O. The third kappa shape index (κ3) is 7.65. The highest BCUT2D eigenvalue weighted by Crippen LogP contribution is 2.19. The fourth-order valence-corrected chi connectivity index (χ4v) is 1.82. The fraction of sp³-hybridized carbons (Fsp3) is 0.643. The van der Waals surface area contributed by atoms with Gasteiger partial charge in [0.1, 0.15) is 6.67 Å². The molecule has 0 heterocycles. The van der Waals surface area contributed by atoms with Crippen LogP contribution in [0, 0.1) is 0 Å². The first-order chi connectivity index (χ1) is 11.1. The molecule has 136 valence electrons. The molecule has 0 rings (SSSR count). The molecule has 0 radical (unpaired) electrons. The summed E-state index contributed by atoms with van der Waals surface area (Å²) in [5.41, 5.74) is 0. The van der Waals surface area contributed by atoms with Crippen molar-refractivity contribution in [3.63, 3.8) is 0 Å². The minimum atomic E-state index is -1.70. The van der Waals surface area contributed by atoms with Crippen molar-refractivity contribution < 1.29 is 47.3 Å². The zero-order chi connectivity index (χ0) is 18.9. The molecule has 4 atom stereocenters. The molecule has 10 heteroatoms. The summed E-state index contributed by atoms with van der Waals surface area (Å²) in [6.45, 7) is 2.62. The fourth-order valence-electron chi connectivity index (χ4n) is 1.82. The molecule has 0 aliphatic rings. The summed E-state index contributed by atoms with van der Waals surface area (Å²) >= 11 is 0. The van der Waals surface area contributed by atoms with Gasteiger partial charge < -0.3 is 18.9 Å². The van der Waals surface area contributed by atoms with E-state index in [1.165, 1.54) is 0 Å². The Balaban J connectivity index is 5.79. The third-order valence-electron chi connectivity index (χ3n) is 2.52. The van der Waals surface area contributed by atoms with E-state index in [0.29, 0.717) is 0 Å². The lowest BCUT2D eigenvalue weighted by Gasteiger charge is -2.32. The second-order valence-corrected chi connectivity index (χ2v) is 4.66. The molecule has 0 amide bonds. The van der Waals surface area contributed by atoms with Gasteiger partial charge in [-0.05, 0) is 0 Å². The minimum absolute atomic E-state index is 0.120. The number of halogens is 1. The number of carbonyl (C=O) groups excluding carboxylic acids is 5. The normalized spacial score (nSPS) is 15.2. The van der Waals surface area contributed by atoms with Crippen LogP contribution in [0.4, 0.5) is 4.39 Å². The summed E-state index contributed by atoms with van der Waals surface area (Å²) in [7, 11) is 0. The van der Waals surface area contributed by atoms with Gasteiger partial charge in [0.15, 0.2) is 30.7 Å². The number of esters is 4. The maximum atomic E-state index is 13.2. The van der Waals surface area contributed by atoms with Crippen molar-refractivity contribution in [3.05, 3.63) is 0 Å². The molecule has 0 spiro atoms. The zero-order valence-electron chi connectivity index (χ0n) is 13.6. The van der Waals surface area contributed by atoms with Crippen molar-refractivity contribution in [2.24, 2.45) is 0 Å². The first kappa shape index (κ1) is 21.5. The van der Waals surface area contributed by atoms with E-state index in [1.54, 1.807) is 0 Å². The number of aldehydes is 1. The van der Waals surface area contributed by atoms with Crippen molar-refractivity contribution in [1.29, 1.82) is 0 Å². The standard InChI is InChI=1S/C14H19FO9/c1-7(17)21-11(5-15)13(23-9(3)19)14(24-10(4)20)12(6-16)22-8(2)18/h6,11-14H,5H2,1-4H3/t11-,12+,13+,14-/m1/s1. The predicted molar refractivity (Wildman–Crippen MR) is 74.3 cm³/mol. The lowest BCUT2D eigenvalue weighted by Crippen LogP contribution is -2.52. The molecule has 0 saturated heterocycles. The predicted octanol–water partition coefficient (Wildman–Crippen LogP) is -0.118. The van der Waals surface area contributed by atoms with Crippen LogP contribution in [0.2, 0.25) is 0 Å². The highest BCUT2D eigenvalue weighted by atomic mass is 19.1. The van der Waals surface area contributed by atoms with Gasteiger partial charge in [-0.25, -0.2) is 4.39 Å². The monoisotopic (exact) mass is 350 g/mol. The largest absolute Gasteiger partial charge is 0.456 e. The van der Waals surface area contributed by atoms with Gasteiger partial charge in [0.25, 0.3) is 0 Å². The number of hydrogen-bond acceptors (Lipinski definition) is 9. The minimum Gasteiger partial charge on any atom is -0.456 e. The van der Waals surface area contributed by atoms with Crippen LogP contribution in [0.1, 0.15) is 27.7 Å². The van der Waals surface area contributed by atoms with Crippen molar-refractivity contribution in [2.45, 2.75) is 52.1 Å². The van der Waals surface area contributed by atoms with Crippen LogP contribution in [-0.2, 0) is 42.9 Å². The van der Waals surface area contributed by atoms with Crippen LogP contribution in [0.25, 0.3) is 0 Å². The second kappa shape index (κ2) is 10.3. The molecule has 0 aromatic heterocycles. The molecule has 0 N–H and O–H groups in total. The van der Waals surface area contributed by atoms with Crippen LogP contribution in [0.3, 0.4) is 0 Å². The molecule has 0 unspecified atom stereocenters. The summed E-state index contributed by atoms with van der Waals surface area (Å²) in [5.74, 6) is -3.63. The highest BCUT2D eigenvalue weighted by Gasteiger charge is 2.43.